The maximum atomic E-state index is 5.52. The van der Waals surface area contributed by atoms with Crippen molar-refractivity contribution in [2.75, 3.05) is 6.54 Å². The number of nitrogens with two attached hydrogens (primary N) is 1. The average molecular weight is 207 g/mol. The predicted molar refractivity (Wildman–Crippen MR) is 59.3 cm³/mol. The van der Waals surface area contributed by atoms with Crippen LogP contribution in [0.15, 0.2) is 23.7 Å². The molecule has 3 nitrogen and oxygen atoms in total. The second-order valence-corrected chi connectivity index (χ2v) is 4.10. The molecule has 2 rings (SSSR count). The van der Waals surface area contributed by atoms with Gasteiger partial charge in [0.05, 0.1) is 4.88 Å². The summed E-state index contributed by atoms with van der Waals surface area (Å²) >= 11 is 1.71. The molecule has 2 heterocycles. The fourth-order valence-corrected chi connectivity index (χ4v) is 2.22. The Balaban J connectivity index is 2.36. The van der Waals surface area contributed by atoms with Gasteiger partial charge in [-0.2, -0.15) is 0 Å². The Morgan fingerprint density at radius 3 is 3.07 bits per heavy atom. The fraction of sp³-hybridized carbons (Fsp3) is 0.300. The minimum absolute atomic E-state index is 0.670. The summed E-state index contributed by atoms with van der Waals surface area (Å²) in [5.74, 6) is 1.03. The van der Waals surface area contributed by atoms with Gasteiger partial charge < -0.3 is 10.3 Å². The van der Waals surface area contributed by atoms with Gasteiger partial charge in [-0.1, -0.05) is 6.07 Å². The van der Waals surface area contributed by atoms with Gasteiger partial charge in [-0.05, 0) is 18.0 Å². The molecule has 0 aliphatic rings. The van der Waals surface area contributed by atoms with Crippen LogP contribution in [0.1, 0.15) is 5.69 Å². The third-order valence-electron chi connectivity index (χ3n) is 2.23. The van der Waals surface area contributed by atoms with Crippen LogP contribution in [0, 0.1) is 0 Å². The highest BCUT2D eigenvalue weighted by atomic mass is 32.1. The largest absolute Gasteiger partial charge is 0.330 e. The van der Waals surface area contributed by atoms with E-state index in [4.69, 9.17) is 5.73 Å². The van der Waals surface area contributed by atoms with Crippen LogP contribution in [-0.4, -0.2) is 16.1 Å². The molecule has 2 aromatic rings. The van der Waals surface area contributed by atoms with Crippen molar-refractivity contribution in [3.63, 3.8) is 0 Å². The van der Waals surface area contributed by atoms with Gasteiger partial charge in [-0.3, -0.25) is 0 Å². The Morgan fingerprint density at radius 1 is 1.57 bits per heavy atom. The van der Waals surface area contributed by atoms with Crippen molar-refractivity contribution in [1.29, 1.82) is 0 Å². The molecule has 14 heavy (non-hydrogen) atoms. The van der Waals surface area contributed by atoms with Crippen molar-refractivity contribution in [2.24, 2.45) is 12.8 Å². The summed E-state index contributed by atoms with van der Waals surface area (Å²) in [5, 5.41) is 2.06. The number of imidazole rings is 1. The van der Waals surface area contributed by atoms with Crippen molar-refractivity contribution < 1.29 is 0 Å². The first-order chi connectivity index (χ1) is 6.83. The van der Waals surface area contributed by atoms with Crippen LogP contribution >= 0.6 is 11.3 Å². The van der Waals surface area contributed by atoms with Crippen LogP contribution in [0.25, 0.3) is 10.7 Å². The number of aromatic nitrogens is 2. The molecule has 0 bridgehead atoms. The van der Waals surface area contributed by atoms with Gasteiger partial charge in [-0.25, -0.2) is 4.98 Å². The van der Waals surface area contributed by atoms with E-state index >= 15 is 0 Å². The van der Waals surface area contributed by atoms with E-state index in [0.29, 0.717) is 6.54 Å². The average Bonchev–Trinajstić information content (AvgIpc) is 2.77. The molecule has 0 aromatic carbocycles. The molecular formula is C10H13N3S. The normalized spacial score (nSPS) is 10.7. The number of hydrogen-bond donors (Lipinski definition) is 1. The highest BCUT2D eigenvalue weighted by Gasteiger charge is 2.08. The Kier molecular flexibility index (Phi) is 2.65. The van der Waals surface area contributed by atoms with Gasteiger partial charge in [0, 0.05) is 25.4 Å². The highest BCUT2D eigenvalue weighted by Crippen LogP contribution is 2.23. The molecule has 0 amide bonds. The van der Waals surface area contributed by atoms with Crippen molar-refractivity contribution in [3.8, 4) is 10.7 Å². The lowest BCUT2D eigenvalue weighted by Gasteiger charge is -2.02. The summed E-state index contributed by atoms with van der Waals surface area (Å²) in [7, 11) is 2.03. The molecule has 74 valence electrons. The summed E-state index contributed by atoms with van der Waals surface area (Å²) in [4.78, 5) is 5.60. The molecule has 0 aliphatic heterocycles. The lowest BCUT2D eigenvalue weighted by atomic mass is 10.3. The van der Waals surface area contributed by atoms with Gasteiger partial charge in [0.2, 0.25) is 0 Å². The van der Waals surface area contributed by atoms with E-state index in [1.54, 1.807) is 11.3 Å². The SMILES string of the molecule is Cn1c(CCN)cnc1-c1cccs1. The lowest BCUT2D eigenvalue weighted by Crippen LogP contribution is -2.06. The van der Waals surface area contributed by atoms with E-state index in [1.807, 2.05) is 19.3 Å². The zero-order valence-corrected chi connectivity index (χ0v) is 8.92. The molecule has 4 heteroatoms. The monoisotopic (exact) mass is 207 g/mol. The van der Waals surface area contributed by atoms with E-state index in [1.165, 1.54) is 10.6 Å². The van der Waals surface area contributed by atoms with Gasteiger partial charge >= 0.3 is 0 Å². The Morgan fingerprint density at radius 2 is 2.43 bits per heavy atom. The van der Waals surface area contributed by atoms with Crippen molar-refractivity contribution in [1.82, 2.24) is 9.55 Å². The first-order valence-electron chi connectivity index (χ1n) is 4.57. The zero-order valence-electron chi connectivity index (χ0n) is 8.10. The molecular weight excluding hydrogens is 194 g/mol. The molecule has 0 unspecified atom stereocenters. The van der Waals surface area contributed by atoms with Gasteiger partial charge in [0.25, 0.3) is 0 Å². The number of nitrogens with zero attached hydrogens (tertiary/aromatic N) is 2. The van der Waals surface area contributed by atoms with Gasteiger partial charge in [0.1, 0.15) is 5.82 Å². The zero-order chi connectivity index (χ0) is 9.97. The van der Waals surface area contributed by atoms with Crippen LogP contribution in [0.4, 0.5) is 0 Å². The van der Waals surface area contributed by atoms with Crippen molar-refractivity contribution in [3.05, 3.63) is 29.4 Å². The fourth-order valence-electron chi connectivity index (χ4n) is 1.46. The van der Waals surface area contributed by atoms with E-state index in [0.717, 1.165) is 12.2 Å². The third kappa shape index (κ3) is 1.58. The molecule has 2 aromatic heterocycles. The van der Waals surface area contributed by atoms with Crippen LogP contribution in [0.3, 0.4) is 0 Å². The summed E-state index contributed by atoms with van der Waals surface area (Å²) in [6.45, 7) is 0.670. The molecule has 0 aliphatic carbocycles. The van der Waals surface area contributed by atoms with Gasteiger partial charge in [0.15, 0.2) is 0 Å². The first-order valence-corrected chi connectivity index (χ1v) is 5.45. The lowest BCUT2D eigenvalue weighted by molar-refractivity contribution is 0.812. The number of rotatable bonds is 3. The third-order valence-corrected chi connectivity index (χ3v) is 3.09. The van der Waals surface area contributed by atoms with E-state index in [-0.39, 0.29) is 0 Å². The van der Waals surface area contributed by atoms with Crippen LogP contribution < -0.4 is 5.73 Å². The molecule has 0 spiro atoms. The second kappa shape index (κ2) is 3.94. The van der Waals surface area contributed by atoms with Gasteiger partial charge in [-0.15, -0.1) is 11.3 Å². The first kappa shape index (κ1) is 9.43. The standard InChI is InChI=1S/C10H13N3S/c1-13-8(4-5-11)7-12-10(13)9-3-2-6-14-9/h2-3,6-7H,4-5,11H2,1H3. The van der Waals surface area contributed by atoms with E-state index < -0.39 is 0 Å². The van der Waals surface area contributed by atoms with Crippen molar-refractivity contribution >= 4 is 11.3 Å². The van der Waals surface area contributed by atoms with E-state index in [9.17, 15) is 0 Å². The summed E-state index contributed by atoms with van der Waals surface area (Å²) in [6, 6.07) is 4.12. The minimum Gasteiger partial charge on any atom is -0.330 e. The molecule has 0 saturated carbocycles. The molecule has 0 fully saturated rings. The predicted octanol–water partition coefficient (Wildman–Crippen LogP) is 1.65. The maximum absolute atomic E-state index is 5.52. The maximum Gasteiger partial charge on any atom is 0.149 e. The smallest absolute Gasteiger partial charge is 0.149 e. The summed E-state index contributed by atoms with van der Waals surface area (Å²) in [5.41, 5.74) is 6.71. The van der Waals surface area contributed by atoms with Crippen LogP contribution in [0.2, 0.25) is 0 Å². The topological polar surface area (TPSA) is 43.8 Å². The Labute approximate surface area is 87.2 Å². The molecule has 0 saturated heterocycles. The molecule has 0 atom stereocenters. The number of thiophene rings is 1. The quantitative estimate of drug-likeness (QED) is 0.831. The molecule has 0 radical (unpaired) electrons. The van der Waals surface area contributed by atoms with E-state index in [2.05, 4.69) is 21.0 Å². The van der Waals surface area contributed by atoms with Crippen LogP contribution in [-0.2, 0) is 13.5 Å². The van der Waals surface area contributed by atoms with Crippen LogP contribution in [0.5, 0.6) is 0 Å². The summed E-state index contributed by atoms with van der Waals surface area (Å²) < 4.78 is 2.11. The van der Waals surface area contributed by atoms with Crippen molar-refractivity contribution in [2.45, 2.75) is 6.42 Å². The number of hydrogen-bond acceptors (Lipinski definition) is 3. The summed E-state index contributed by atoms with van der Waals surface area (Å²) in [6.07, 6.45) is 2.79. The highest BCUT2D eigenvalue weighted by molar-refractivity contribution is 7.13. The second-order valence-electron chi connectivity index (χ2n) is 3.15. The Hall–Kier alpha value is -1.13. The Bertz CT molecular complexity index is 403. The minimum atomic E-state index is 0.670. The molecule has 2 N–H and O–H groups in total.